The van der Waals surface area contributed by atoms with Gasteiger partial charge in [0.05, 0.1) is 0 Å². The van der Waals surface area contributed by atoms with Crippen LogP contribution in [0.5, 0.6) is 0 Å². The van der Waals surface area contributed by atoms with Crippen LogP contribution in [0.25, 0.3) is 11.1 Å². The predicted molar refractivity (Wildman–Crippen MR) is 116 cm³/mol. The molecule has 0 aromatic heterocycles. The predicted octanol–water partition coefficient (Wildman–Crippen LogP) is 7.99. The van der Waals surface area contributed by atoms with Crippen molar-refractivity contribution < 1.29 is 17.6 Å². The van der Waals surface area contributed by atoms with E-state index in [9.17, 15) is 17.6 Å². The molecule has 0 amide bonds. The van der Waals surface area contributed by atoms with Gasteiger partial charge < -0.3 is 0 Å². The molecule has 0 atom stereocenters. The van der Waals surface area contributed by atoms with Crippen molar-refractivity contribution in [2.45, 2.75) is 51.4 Å². The average molecular weight is 426 g/mol. The SMILES string of the molecule is CC1CCC(c2ccc(-c3ccc(CCc4ccc(F)c(F)c4)c(F)c3F)cc2)CC1. The van der Waals surface area contributed by atoms with E-state index in [-0.39, 0.29) is 17.5 Å². The van der Waals surface area contributed by atoms with E-state index in [1.165, 1.54) is 37.3 Å². The Kier molecular flexibility index (Phi) is 6.45. The van der Waals surface area contributed by atoms with Gasteiger partial charge in [-0.3, -0.25) is 0 Å². The highest BCUT2D eigenvalue weighted by Gasteiger charge is 2.20. The molecule has 4 heteroatoms. The van der Waals surface area contributed by atoms with Gasteiger partial charge in [-0.1, -0.05) is 62.2 Å². The monoisotopic (exact) mass is 426 g/mol. The van der Waals surface area contributed by atoms with Crippen molar-refractivity contribution in [1.82, 2.24) is 0 Å². The third-order valence-electron chi connectivity index (χ3n) is 6.54. The summed E-state index contributed by atoms with van der Waals surface area (Å²) in [7, 11) is 0. The molecule has 0 aliphatic heterocycles. The van der Waals surface area contributed by atoms with E-state index in [1.807, 2.05) is 24.3 Å². The molecule has 3 aromatic rings. The van der Waals surface area contributed by atoms with E-state index in [0.717, 1.165) is 18.1 Å². The van der Waals surface area contributed by atoms with E-state index < -0.39 is 23.3 Å². The second kappa shape index (κ2) is 9.25. The normalized spacial score (nSPS) is 18.9. The number of aryl methyl sites for hydroxylation is 2. The van der Waals surface area contributed by atoms with Crippen LogP contribution in [0.2, 0.25) is 0 Å². The molecule has 0 N–H and O–H groups in total. The summed E-state index contributed by atoms with van der Waals surface area (Å²) in [6, 6.07) is 14.6. The number of benzene rings is 3. The van der Waals surface area contributed by atoms with Crippen molar-refractivity contribution in [2.75, 3.05) is 0 Å². The van der Waals surface area contributed by atoms with Crippen LogP contribution >= 0.6 is 0 Å². The van der Waals surface area contributed by atoms with Gasteiger partial charge in [-0.25, -0.2) is 17.6 Å². The van der Waals surface area contributed by atoms with Gasteiger partial charge >= 0.3 is 0 Å². The summed E-state index contributed by atoms with van der Waals surface area (Å²) in [6.07, 6.45) is 5.32. The van der Waals surface area contributed by atoms with Gasteiger partial charge in [-0.2, -0.15) is 0 Å². The van der Waals surface area contributed by atoms with Gasteiger partial charge in [0, 0.05) is 5.56 Å². The largest absolute Gasteiger partial charge is 0.204 e. The van der Waals surface area contributed by atoms with Crippen LogP contribution in [0.15, 0.2) is 54.6 Å². The van der Waals surface area contributed by atoms with Crippen LogP contribution in [-0.4, -0.2) is 0 Å². The minimum atomic E-state index is -0.939. The van der Waals surface area contributed by atoms with Crippen LogP contribution in [0, 0.1) is 29.2 Å². The number of hydrogen-bond acceptors (Lipinski definition) is 0. The molecule has 0 nitrogen and oxygen atoms in total. The first-order chi connectivity index (χ1) is 14.9. The molecule has 0 saturated heterocycles. The van der Waals surface area contributed by atoms with Crippen molar-refractivity contribution in [3.05, 3.63) is 94.6 Å². The second-order valence-electron chi connectivity index (χ2n) is 8.73. The van der Waals surface area contributed by atoms with Gasteiger partial charge in [-0.05, 0) is 71.9 Å². The molecule has 0 radical (unpaired) electrons. The zero-order valence-electron chi connectivity index (χ0n) is 17.6. The molecule has 1 aliphatic rings. The Morgan fingerprint density at radius 3 is 2.10 bits per heavy atom. The summed E-state index contributed by atoms with van der Waals surface area (Å²) in [5.74, 6) is -2.29. The Balaban J connectivity index is 1.48. The first kappa shape index (κ1) is 21.6. The van der Waals surface area contributed by atoms with Crippen LogP contribution in [-0.2, 0) is 12.8 Å². The van der Waals surface area contributed by atoms with Crippen LogP contribution in [0.1, 0.15) is 55.2 Å². The lowest BCUT2D eigenvalue weighted by molar-refractivity contribution is 0.348. The fraction of sp³-hybridized carbons (Fsp3) is 0.333. The van der Waals surface area contributed by atoms with Crippen molar-refractivity contribution >= 4 is 0 Å². The third kappa shape index (κ3) is 4.84. The molecular formula is C27H26F4. The van der Waals surface area contributed by atoms with Crippen molar-refractivity contribution in [2.24, 2.45) is 5.92 Å². The summed E-state index contributed by atoms with van der Waals surface area (Å²) in [5, 5.41) is 0. The highest BCUT2D eigenvalue weighted by Crippen LogP contribution is 2.36. The summed E-state index contributed by atoms with van der Waals surface area (Å²) in [6.45, 7) is 2.29. The number of halogens is 4. The van der Waals surface area contributed by atoms with E-state index in [2.05, 4.69) is 6.92 Å². The summed E-state index contributed by atoms with van der Waals surface area (Å²) in [4.78, 5) is 0. The number of hydrogen-bond donors (Lipinski definition) is 0. The minimum Gasteiger partial charge on any atom is -0.204 e. The Hall–Kier alpha value is -2.62. The molecule has 1 fully saturated rings. The maximum atomic E-state index is 14.8. The molecule has 162 valence electrons. The smallest absolute Gasteiger partial charge is 0.166 e. The lowest BCUT2D eigenvalue weighted by Crippen LogP contribution is -2.10. The van der Waals surface area contributed by atoms with Gasteiger partial charge in [-0.15, -0.1) is 0 Å². The lowest BCUT2D eigenvalue weighted by atomic mass is 9.79. The zero-order chi connectivity index (χ0) is 22.0. The molecule has 1 saturated carbocycles. The molecule has 4 rings (SSSR count). The van der Waals surface area contributed by atoms with Crippen LogP contribution < -0.4 is 0 Å². The zero-order valence-corrected chi connectivity index (χ0v) is 17.6. The molecule has 1 aliphatic carbocycles. The van der Waals surface area contributed by atoms with Crippen molar-refractivity contribution in [1.29, 1.82) is 0 Å². The van der Waals surface area contributed by atoms with E-state index in [0.29, 0.717) is 23.5 Å². The maximum absolute atomic E-state index is 14.8. The summed E-state index contributed by atoms with van der Waals surface area (Å²) >= 11 is 0. The minimum absolute atomic E-state index is 0.202. The van der Waals surface area contributed by atoms with Crippen LogP contribution in [0.4, 0.5) is 17.6 Å². The molecular weight excluding hydrogens is 400 g/mol. The fourth-order valence-corrected chi connectivity index (χ4v) is 4.51. The summed E-state index contributed by atoms with van der Waals surface area (Å²) in [5.41, 5.74) is 2.91. The van der Waals surface area contributed by atoms with E-state index in [1.54, 1.807) is 12.1 Å². The molecule has 3 aromatic carbocycles. The van der Waals surface area contributed by atoms with E-state index in [4.69, 9.17) is 0 Å². The highest BCUT2D eigenvalue weighted by molar-refractivity contribution is 5.65. The summed E-state index contributed by atoms with van der Waals surface area (Å²) < 4.78 is 55.9. The Morgan fingerprint density at radius 1 is 0.710 bits per heavy atom. The van der Waals surface area contributed by atoms with Crippen molar-refractivity contribution in [3.8, 4) is 11.1 Å². The molecule has 0 heterocycles. The topological polar surface area (TPSA) is 0 Å². The van der Waals surface area contributed by atoms with E-state index >= 15 is 0 Å². The van der Waals surface area contributed by atoms with Crippen molar-refractivity contribution in [3.63, 3.8) is 0 Å². The maximum Gasteiger partial charge on any atom is 0.166 e. The van der Waals surface area contributed by atoms with Gasteiger partial charge in [0.15, 0.2) is 23.3 Å². The van der Waals surface area contributed by atoms with Gasteiger partial charge in [0.25, 0.3) is 0 Å². The highest BCUT2D eigenvalue weighted by atomic mass is 19.2. The van der Waals surface area contributed by atoms with Gasteiger partial charge in [0.2, 0.25) is 0 Å². The molecule has 0 unspecified atom stereocenters. The quantitative estimate of drug-likeness (QED) is 0.363. The Labute approximate surface area is 180 Å². The lowest BCUT2D eigenvalue weighted by Gasteiger charge is -2.26. The third-order valence-corrected chi connectivity index (χ3v) is 6.54. The molecule has 0 spiro atoms. The molecule has 31 heavy (non-hydrogen) atoms. The molecule has 0 bridgehead atoms. The second-order valence-corrected chi connectivity index (χ2v) is 8.73. The standard InChI is InChI=1S/C27H26F4/c1-17-2-6-19(7-3-17)20-9-11-21(12-10-20)23-14-13-22(26(30)27(23)31)8-4-18-5-15-24(28)25(29)16-18/h5,9-17,19H,2-4,6-8H2,1H3. The van der Waals surface area contributed by atoms with Gasteiger partial charge in [0.1, 0.15) is 0 Å². The first-order valence-corrected chi connectivity index (χ1v) is 10.9. The first-order valence-electron chi connectivity index (χ1n) is 10.9. The van der Waals surface area contributed by atoms with Crippen LogP contribution in [0.3, 0.4) is 0 Å². The average Bonchev–Trinajstić information content (AvgIpc) is 2.78. The fourth-order valence-electron chi connectivity index (χ4n) is 4.51. The number of rotatable bonds is 5. The Bertz CT molecular complexity index is 1050. The Morgan fingerprint density at radius 2 is 1.42 bits per heavy atom.